The van der Waals surface area contributed by atoms with Crippen molar-refractivity contribution in [1.29, 1.82) is 0 Å². The number of hydrogen-bond donors (Lipinski definition) is 0. The Hall–Kier alpha value is -4.39. The van der Waals surface area contributed by atoms with Crippen LogP contribution >= 0.6 is 0 Å². The van der Waals surface area contributed by atoms with Crippen molar-refractivity contribution in [3.05, 3.63) is 99.1 Å². The van der Waals surface area contributed by atoms with Crippen molar-refractivity contribution in [3.8, 4) is 11.1 Å². The van der Waals surface area contributed by atoms with Crippen LogP contribution < -0.4 is 0 Å². The van der Waals surface area contributed by atoms with Crippen molar-refractivity contribution >= 4 is 34.8 Å². The highest BCUT2D eigenvalue weighted by Gasteiger charge is 2.25. The topological polar surface area (TPSA) is 98.9 Å². The van der Waals surface area contributed by atoms with Crippen LogP contribution in [-0.2, 0) is 9.63 Å². The highest BCUT2D eigenvalue weighted by molar-refractivity contribution is 6.45. The fraction of sp³-hybridized carbons (Fsp3) is 0.0800. The number of hydrogen-bond acceptors (Lipinski definition) is 6. The standard InChI is InChI=1S/C25H18N2O5/c1-15(26-32-16(2)28)25(29)18-9-12-22-20-5-3-4-6-21(20)23(24(22)14-18)13-17-7-10-19(11-8-17)27(30)31/h3-14H,1-2H3/b23-13-,26-15-. The number of ketones is 1. The normalized spacial score (nSPS) is 13.4. The second-order valence-corrected chi connectivity index (χ2v) is 7.30. The summed E-state index contributed by atoms with van der Waals surface area (Å²) in [6.45, 7) is 2.70. The van der Waals surface area contributed by atoms with E-state index in [4.69, 9.17) is 0 Å². The van der Waals surface area contributed by atoms with Gasteiger partial charge in [-0.05, 0) is 64.6 Å². The van der Waals surface area contributed by atoms with Gasteiger partial charge in [-0.1, -0.05) is 41.6 Å². The predicted molar refractivity (Wildman–Crippen MR) is 121 cm³/mol. The van der Waals surface area contributed by atoms with Gasteiger partial charge in [-0.2, -0.15) is 0 Å². The molecule has 3 aromatic carbocycles. The molecule has 0 aliphatic heterocycles. The van der Waals surface area contributed by atoms with Crippen LogP contribution in [0, 0.1) is 10.1 Å². The third-order valence-electron chi connectivity index (χ3n) is 5.13. The molecule has 0 unspecified atom stereocenters. The van der Waals surface area contributed by atoms with E-state index >= 15 is 0 Å². The molecule has 1 aliphatic rings. The number of nitro benzene ring substituents is 1. The van der Waals surface area contributed by atoms with Gasteiger partial charge >= 0.3 is 5.97 Å². The van der Waals surface area contributed by atoms with Gasteiger partial charge in [0, 0.05) is 24.6 Å². The van der Waals surface area contributed by atoms with Gasteiger partial charge < -0.3 is 4.84 Å². The van der Waals surface area contributed by atoms with Crippen molar-refractivity contribution in [1.82, 2.24) is 0 Å². The number of carbonyl (C=O) groups is 2. The summed E-state index contributed by atoms with van der Waals surface area (Å²) in [5, 5.41) is 14.5. The highest BCUT2D eigenvalue weighted by Crippen LogP contribution is 2.45. The van der Waals surface area contributed by atoms with Crippen LogP contribution in [0.5, 0.6) is 0 Å². The number of carbonyl (C=O) groups excluding carboxylic acids is 2. The Morgan fingerprint density at radius 2 is 1.56 bits per heavy atom. The molecule has 0 amide bonds. The maximum atomic E-state index is 12.8. The van der Waals surface area contributed by atoms with Crippen molar-refractivity contribution in [2.24, 2.45) is 5.16 Å². The second-order valence-electron chi connectivity index (χ2n) is 7.30. The molecule has 1 aliphatic carbocycles. The molecule has 7 nitrogen and oxygen atoms in total. The molecule has 32 heavy (non-hydrogen) atoms. The quantitative estimate of drug-likeness (QED) is 0.142. The van der Waals surface area contributed by atoms with Gasteiger partial charge in [0.1, 0.15) is 5.71 Å². The molecule has 0 atom stereocenters. The number of fused-ring (bicyclic) bond motifs is 3. The predicted octanol–water partition coefficient (Wildman–Crippen LogP) is 5.29. The Balaban J connectivity index is 1.79. The zero-order chi connectivity index (χ0) is 22.8. The molecule has 0 heterocycles. The average molecular weight is 426 g/mol. The molecule has 0 bridgehead atoms. The van der Waals surface area contributed by atoms with Crippen LogP contribution in [0.15, 0.2) is 71.9 Å². The summed E-state index contributed by atoms with van der Waals surface area (Å²) in [7, 11) is 0. The van der Waals surface area contributed by atoms with E-state index in [-0.39, 0.29) is 17.2 Å². The van der Waals surface area contributed by atoms with Crippen molar-refractivity contribution in [2.45, 2.75) is 13.8 Å². The van der Waals surface area contributed by atoms with Crippen molar-refractivity contribution < 1.29 is 19.3 Å². The molecule has 0 saturated heterocycles. The van der Waals surface area contributed by atoms with Gasteiger partial charge in [-0.15, -0.1) is 0 Å². The number of nitro groups is 1. The van der Waals surface area contributed by atoms with Crippen LogP contribution in [0.4, 0.5) is 5.69 Å². The van der Waals surface area contributed by atoms with E-state index in [2.05, 4.69) is 9.99 Å². The maximum Gasteiger partial charge on any atom is 0.331 e. The van der Waals surface area contributed by atoms with Gasteiger partial charge in [0.2, 0.25) is 5.78 Å². The number of Topliss-reactive ketones (excluding diaryl/α,β-unsaturated/α-hetero) is 1. The van der Waals surface area contributed by atoms with Gasteiger partial charge in [-0.3, -0.25) is 14.9 Å². The molecule has 0 radical (unpaired) electrons. The first-order valence-corrected chi connectivity index (χ1v) is 9.82. The summed E-state index contributed by atoms with van der Waals surface area (Å²) in [6, 6.07) is 19.6. The lowest BCUT2D eigenvalue weighted by molar-refractivity contribution is -0.384. The third kappa shape index (κ3) is 3.96. The monoisotopic (exact) mass is 426 g/mol. The number of benzene rings is 3. The van der Waals surface area contributed by atoms with E-state index in [0.717, 1.165) is 33.4 Å². The first-order chi connectivity index (χ1) is 15.3. The Morgan fingerprint density at radius 1 is 0.906 bits per heavy atom. The van der Waals surface area contributed by atoms with Crippen molar-refractivity contribution in [3.63, 3.8) is 0 Å². The Kier molecular flexibility index (Phi) is 5.47. The van der Waals surface area contributed by atoms with E-state index in [9.17, 15) is 19.7 Å². The van der Waals surface area contributed by atoms with E-state index in [1.54, 1.807) is 24.3 Å². The van der Waals surface area contributed by atoms with E-state index in [0.29, 0.717) is 5.56 Å². The number of rotatable bonds is 5. The summed E-state index contributed by atoms with van der Waals surface area (Å²) < 4.78 is 0. The SMILES string of the molecule is CC(=O)O/N=C(/C)C(=O)c1ccc2c(c1)/C(=C\c1ccc([N+](=O)[O-])cc1)c1ccccc1-2. The van der Waals surface area contributed by atoms with E-state index in [1.165, 1.54) is 26.0 Å². The first-order valence-electron chi connectivity index (χ1n) is 9.82. The Labute approximate surface area is 183 Å². The maximum absolute atomic E-state index is 12.8. The van der Waals surface area contributed by atoms with Gasteiger partial charge in [0.15, 0.2) is 0 Å². The zero-order valence-electron chi connectivity index (χ0n) is 17.4. The summed E-state index contributed by atoms with van der Waals surface area (Å²) in [5.41, 5.74) is 6.13. The molecule has 0 N–H and O–H groups in total. The summed E-state index contributed by atoms with van der Waals surface area (Å²) in [6.07, 6.45) is 1.95. The van der Waals surface area contributed by atoms with E-state index in [1.807, 2.05) is 36.4 Å². The van der Waals surface area contributed by atoms with Gasteiger partial charge in [-0.25, -0.2) is 4.79 Å². The first kappa shape index (κ1) is 20.9. The average Bonchev–Trinajstić information content (AvgIpc) is 3.10. The second kappa shape index (κ2) is 8.39. The molecule has 4 rings (SSSR count). The van der Waals surface area contributed by atoms with Crippen LogP contribution in [0.2, 0.25) is 0 Å². The smallest absolute Gasteiger partial charge is 0.318 e. The molecule has 158 valence electrons. The molecule has 0 saturated carbocycles. The summed E-state index contributed by atoms with van der Waals surface area (Å²) in [4.78, 5) is 38.9. The van der Waals surface area contributed by atoms with E-state index < -0.39 is 10.9 Å². The lowest BCUT2D eigenvalue weighted by Crippen LogP contribution is -2.12. The van der Waals surface area contributed by atoms with Crippen LogP contribution in [0.1, 0.15) is 40.9 Å². The largest absolute Gasteiger partial charge is 0.331 e. The molecule has 3 aromatic rings. The Bertz CT molecular complexity index is 1320. The summed E-state index contributed by atoms with van der Waals surface area (Å²) >= 11 is 0. The number of non-ortho nitro benzene ring substituents is 1. The minimum absolute atomic E-state index is 0.0230. The molecular formula is C25H18N2O5. The van der Waals surface area contributed by atoms with Crippen LogP contribution in [-0.4, -0.2) is 22.4 Å². The fourth-order valence-electron chi connectivity index (χ4n) is 3.64. The highest BCUT2D eigenvalue weighted by atomic mass is 16.7. The van der Waals surface area contributed by atoms with Crippen molar-refractivity contribution in [2.75, 3.05) is 0 Å². The number of nitrogens with zero attached hydrogens (tertiary/aromatic N) is 2. The minimum atomic E-state index is -0.602. The molecule has 7 heteroatoms. The van der Waals surface area contributed by atoms with Gasteiger partial charge in [0.05, 0.1) is 4.92 Å². The molecule has 0 aromatic heterocycles. The number of oxime groups is 1. The zero-order valence-corrected chi connectivity index (χ0v) is 17.4. The lowest BCUT2D eigenvalue weighted by atomic mass is 9.97. The lowest BCUT2D eigenvalue weighted by Gasteiger charge is -2.06. The Morgan fingerprint density at radius 3 is 2.22 bits per heavy atom. The molecule has 0 fully saturated rings. The summed E-state index contributed by atoms with van der Waals surface area (Å²) in [5.74, 6) is -0.949. The third-order valence-corrected chi connectivity index (χ3v) is 5.13. The van der Waals surface area contributed by atoms with Gasteiger partial charge in [0.25, 0.3) is 5.69 Å². The molecule has 0 spiro atoms. The van der Waals surface area contributed by atoms with Crippen LogP contribution in [0.25, 0.3) is 22.8 Å². The molecular weight excluding hydrogens is 408 g/mol. The van der Waals surface area contributed by atoms with Crippen LogP contribution in [0.3, 0.4) is 0 Å². The fourth-order valence-corrected chi connectivity index (χ4v) is 3.64. The minimum Gasteiger partial charge on any atom is -0.318 e.